The molecule has 0 aliphatic carbocycles. The fourth-order valence-corrected chi connectivity index (χ4v) is 7.31. The summed E-state index contributed by atoms with van der Waals surface area (Å²) in [5.74, 6) is 0.365. The summed E-state index contributed by atoms with van der Waals surface area (Å²) in [7, 11) is -3.10. The van der Waals surface area contributed by atoms with E-state index in [1.165, 1.54) is 0 Å². The van der Waals surface area contributed by atoms with Crippen molar-refractivity contribution in [2.24, 2.45) is 5.92 Å². The molecule has 3 atom stereocenters. The smallest absolute Gasteiger partial charge is 0.331 e. The number of carboxylic acid groups (broad SMARTS) is 1. The Balaban J connectivity index is 2.19. The van der Waals surface area contributed by atoms with Gasteiger partial charge in [0.15, 0.2) is 0 Å². The molecule has 3 N–H and O–H groups in total. The zero-order valence-corrected chi connectivity index (χ0v) is 21.1. The molecule has 2 aromatic rings. The number of rotatable bonds is 9. The van der Waals surface area contributed by atoms with E-state index in [9.17, 15) is 13.9 Å². The maximum atomic E-state index is 11.5. The molecular formula is C26H34O5S2. The van der Waals surface area contributed by atoms with Crippen LogP contribution in [0.15, 0.2) is 64.6 Å². The first-order valence-electron chi connectivity index (χ1n) is 11.5. The fourth-order valence-electron chi connectivity index (χ4n) is 4.53. The zero-order chi connectivity index (χ0) is 24.0. The first kappa shape index (κ1) is 25.7. The van der Waals surface area contributed by atoms with E-state index in [0.29, 0.717) is 10.6 Å². The molecule has 0 spiro atoms. The van der Waals surface area contributed by atoms with Crippen LogP contribution in [0.3, 0.4) is 0 Å². The maximum Gasteiger partial charge on any atom is 0.331 e. The predicted molar refractivity (Wildman–Crippen MR) is 137 cm³/mol. The third-order valence-electron chi connectivity index (χ3n) is 6.33. The fraction of sp³-hybridized carbons (Fsp3) is 0.423. The summed E-state index contributed by atoms with van der Waals surface area (Å²) < 4.78 is 28.7. The van der Waals surface area contributed by atoms with Crippen LogP contribution in [0.2, 0.25) is 0 Å². The van der Waals surface area contributed by atoms with Crippen LogP contribution in [0, 0.1) is 5.92 Å². The van der Waals surface area contributed by atoms with Crippen molar-refractivity contribution < 1.29 is 23.7 Å². The topological polar surface area (TPSA) is 87.0 Å². The standard InChI is InChI=1S/C26H34O5S2/c1-4-6-10-20-15-21(19-11-8-7-9-12-19)22-16-24(32-5-2)23(31-14-13-26(27)28)17-25(22)33(29,30)18(20)3/h7-9,11-14,16-18,20-21,29-30H,4-6,10,15H2,1-3H3,(H,27,28)/b14-13+. The van der Waals surface area contributed by atoms with Gasteiger partial charge in [0.2, 0.25) is 0 Å². The Kier molecular flexibility index (Phi) is 8.93. The first-order chi connectivity index (χ1) is 15.8. The summed E-state index contributed by atoms with van der Waals surface area (Å²) >= 11 is 1.59. The van der Waals surface area contributed by atoms with Crippen LogP contribution in [-0.2, 0) is 4.79 Å². The van der Waals surface area contributed by atoms with Crippen LogP contribution in [0.1, 0.15) is 63.5 Å². The third-order valence-corrected chi connectivity index (χ3v) is 9.67. The van der Waals surface area contributed by atoms with Crippen molar-refractivity contribution in [3.05, 3.63) is 65.9 Å². The lowest BCUT2D eigenvalue weighted by Crippen LogP contribution is -2.23. The van der Waals surface area contributed by atoms with Gasteiger partial charge in [0, 0.05) is 12.0 Å². The van der Waals surface area contributed by atoms with Crippen LogP contribution in [0.25, 0.3) is 0 Å². The van der Waals surface area contributed by atoms with Gasteiger partial charge in [-0.05, 0) is 48.6 Å². The van der Waals surface area contributed by atoms with Gasteiger partial charge in [-0.2, -0.15) is 10.6 Å². The van der Waals surface area contributed by atoms with Crippen molar-refractivity contribution in [3.63, 3.8) is 0 Å². The molecule has 0 saturated heterocycles. The lowest BCUT2D eigenvalue weighted by atomic mass is 9.81. The van der Waals surface area contributed by atoms with E-state index in [1.807, 2.05) is 38.1 Å². The van der Waals surface area contributed by atoms with Gasteiger partial charge in [-0.15, -0.1) is 11.8 Å². The average Bonchev–Trinajstić information content (AvgIpc) is 2.87. The van der Waals surface area contributed by atoms with Crippen LogP contribution in [0.5, 0.6) is 5.75 Å². The summed E-state index contributed by atoms with van der Waals surface area (Å²) in [5.41, 5.74) is 2.09. The molecule has 0 saturated carbocycles. The van der Waals surface area contributed by atoms with Gasteiger partial charge in [0.25, 0.3) is 0 Å². The summed E-state index contributed by atoms with van der Waals surface area (Å²) in [6.45, 7) is 6.15. The Labute approximate surface area is 202 Å². The number of benzene rings is 2. The number of aliphatic carboxylic acids is 1. The van der Waals surface area contributed by atoms with Crippen molar-refractivity contribution in [2.75, 3.05) is 5.75 Å². The van der Waals surface area contributed by atoms with E-state index < -0.39 is 16.6 Å². The Hall–Kier alpha value is -1.93. The van der Waals surface area contributed by atoms with E-state index in [1.54, 1.807) is 17.8 Å². The lowest BCUT2D eigenvalue weighted by molar-refractivity contribution is -0.131. The van der Waals surface area contributed by atoms with Crippen molar-refractivity contribution in [1.29, 1.82) is 0 Å². The minimum Gasteiger partial charge on any atom is -0.478 e. The zero-order valence-electron chi connectivity index (χ0n) is 19.4. The molecule has 2 aromatic carbocycles. The normalized spacial score (nSPS) is 23.0. The van der Waals surface area contributed by atoms with E-state index in [0.717, 1.165) is 59.8 Å². The summed E-state index contributed by atoms with van der Waals surface area (Å²) in [6, 6.07) is 14.0. The Morgan fingerprint density at radius 2 is 1.94 bits per heavy atom. The Morgan fingerprint density at radius 1 is 1.21 bits per heavy atom. The van der Waals surface area contributed by atoms with Gasteiger partial charge in [0.1, 0.15) is 5.75 Å². The van der Waals surface area contributed by atoms with Gasteiger partial charge < -0.3 is 9.84 Å². The highest BCUT2D eigenvalue weighted by Crippen LogP contribution is 2.63. The molecule has 3 rings (SSSR count). The van der Waals surface area contributed by atoms with Crippen LogP contribution < -0.4 is 4.74 Å². The number of ether oxygens (including phenoxy) is 1. The highest BCUT2D eigenvalue weighted by molar-refractivity contribution is 8.24. The average molecular weight is 491 g/mol. The molecule has 1 aliphatic heterocycles. The molecule has 7 heteroatoms. The number of unbranched alkanes of at least 4 members (excludes halogenated alkanes) is 1. The molecule has 1 aliphatic rings. The second-order valence-electron chi connectivity index (χ2n) is 8.43. The molecule has 180 valence electrons. The molecule has 0 radical (unpaired) electrons. The van der Waals surface area contributed by atoms with E-state index >= 15 is 0 Å². The molecule has 0 bridgehead atoms. The van der Waals surface area contributed by atoms with Gasteiger partial charge in [0.05, 0.1) is 27.4 Å². The molecule has 5 nitrogen and oxygen atoms in total. The summed E-state index contributed by atoms with van der Waals surface area (Å²) in [5, 5.41) is 8.64. The molecule has 3 unspecified atom stereocenters. The summed E-state index contributed by atoms with van der Waals surface area (Å²) in [6.07, 6.45) is 5.98. The highest BCUT2D eigenvalue weighted by Gasteiger charge is 2.40. The van der Waals surface area contributed by atoms with Crippen molar-refractivity contribution in [1.82, 2.24) is 0 Å². The largest absolute Gasteiger partial charge is 0.478 e. The van der Waals surface area contributed by atoms with Gasteiger partial charge in [-0.1, -0.05) is 57.0 Å². The maximum absolute atomic E-state index is 11.5. The SMILES string of the molecule is CCCCC1CC(c2ccccc2)c2cc(SCC)c(O/C=C/C(=O)O)cc2S(O)(O)C1C. The van der Waals surface area contributed by atoms with Crippen LogP contribution in [-0.4, -0.2) is 31.2 Å². The first-order valence-corrected chi connectivity index (χ1v) is 14.1. The predicted octanol–water partition coefficient (Wildman–Crippen LogP) is 7.62. The Morgan fingerprint density at radius 3 is 2.58 bits per heavy atom. The Bertz CT molecular complexity index is 974. The number of carbonyl (C=O) groups is 1. The minimum absolute atomic E-state index is 0.0407. The van der Waals surface area contributed by atoms with E-state index in [-0.39, 0.29) is 17.1 Å². The molecule has 1 heterocycles. The number of carboxylic acids is 1. The highest BCUT2D eigenvalue weighted by atomic mass is 32.3. The van der Waals surface area contributed by atoms with Gasteiger partial charge in [-0.25, -0.2) is 4.79 Å². The number of hydrogen-bond acceptors (Lipinski definition) is 5. The number of hydrogen-bond donors (Lipinski definition) is 3. The molecule has 0 amide bonds. The van der Waals surface area contributed by atoms with Gasteiger partial charge >= 0.3 is 5.97 Å². The van der Waals surface area contributed by atoms with Gasteiger partial charge in [-0.3, -0.25) is 9.11 Å². The quantitative estimate of drug-likeness (QED) is 0.190. The van der Waals surface area contributed by atoms with Crippen molar-refractivity contribution in [2.45, 2.75) is 67.4 Å². The monoisotopic (exact) mass is 490 g/mol. The lowest BCUT2D eigenvalue weighted by Gasteiger charge is -2.41. The van der Waals surface area contributed by atoms with E-state index in [2.05, 4.69) is 19.1 Å². The molecule has 0 fully saturated rings. The van der Waals surface area contributed by atoms with E-state index in [4.69, 9.17) is 9.84 Å². The second kappa shape index (κ2) is 11.5. The molecule has 33 heavy (non-hydrogen) atoms. The molecule has 0 aromatic heterocycles. The van der Waals surface area contributed by atoms with Crippen LogP contribution >= 0.6 is 22.4 Å². The third kappa shape index (κ3) is 5.96. The van der Waals surface area contributed by atoms with Crippen molar-refractivity contribution >= 4 is 28.3 Å². The number of thioether (sulfide) groups is 1. The molecular weight excluding hydrogens is 456 g/mol. The van der Waals surface area contributed by atoms with Crippen LogP contribution in [0.4, 0.5) is 0 Å². The second-order valence-corrected chi connectivity index (χ2v) is 12.1. The van der Waals surface area contributed by atoms with Crippen molar-refractivity contribution in [3.8, 4) is 5.75 Å². The minimum atomic E-state index is -3.10. The summed E-state index contributed by atoms with van der Waals surface area (Å²) in [4.78, 5) is 12.3. The number of fused-ring (bicyclic) bond motifs is 1.